The third-order valence-electron chi connectivity index (χ3n) is 3.32. The van der Waals surface area contributed by atoms with E-state index in [1.54, 1.807) is 7.11 Å². The second kappa shape index (κ2) is 7.61. The first-order valence-electron chi connectivity index (χ1n) is 6.97. The Kier molecular flexibility index (Phi) is 5.80. The van der Waals surface area contributed by atoms with Gasteiger partial charge in [0.05, 0.1) is 18.8 Å². The van der Waals surface area contributed by atoms with E-state index in [2.05, 4.69) is 45.6 Å². The fraction of sp³-hybridized carbons (Fsp3) is 0.235. The molecule has 3 nitrogen and oxygen atoms in total. The molecule has 0 heterocycles. The molecule has 22 heavy (non-hydrogen) atoms. The van der Waals surface area contributed by atoms with Gasteiger partial charge in [0.25, 0.3) is 0 Å². The van der Waals surface area contributed by atoms with Crippen LogP contribution in [0.4, 0.5) is 5.69 Å². The molecule has 0 amide bonds. The molecule has 0 aliphatic carbocycles. The van der Waals surface area contributed by atoms with Crippen molar-refractivity contribution in [3.63, 3.8) is 0 Å². The number of halogens is 1. The fourth-order valence-corrected chi connectivity index (χ4v) is 2.66. The molecule has 1 unspecified atom stereocenters. The van der Waals surface area contributed by atoms with Crippen LogP contribution in [0, 0.1) is 6.92 Å². The second-order valence-electron chi connectivity index (χ2n) is 5.08. The van der Waals surface area contributed by atoms with Crippen molar-refractivity contribution in [2.24, 2.45) is 0 Å². The SMILES string of the molecule is COc1ccc(C)cc1NC(=S)NC(C)c1ccc(Br)cc1. The molecule has 0 bridgehead atoms. The van der Waals surface area contributed by atoms with Crippen molar-refractivity contribution in [1.29, 1.82) is 0 Å². The molecule has 0 aliphatic rings. The predicted octanol–water partition coefficient (Wildman–Crippen LogP) is 4.81. The summed E-state index contributed by atoms with van der Waals surface area (Å²) in [5.41, 5.74) is 3.18. The molecule has 0 aromatic heterocycles. The molecule has 0 saturated carbocycles. The van der Waals surface area contributed by atoms with Crippen LogP contribution in [0.1, 0.15) is 24.1 Å². The highest BCUT2D eigenvalue weighted by molar-refractivity contribution is 9.10. The lowest BCUT2D eigenvalue weighted by molar-refractivity contribution is 0.417. The van der Waals surface area contributed by atoms with Crippen molar-refractivity contribution in [3.05, 3.63) is 58.1 Å². The van der Waals surface area contributed by atoms with E-state index < -0.39 is 0 Å². The lowest BCUT2D eigenvalue weighted by Crippen LogP contribution is -2.31. The largest absolute Gasteiger partial charge is 0.495 e. The number of thiocarbonyl (C=S) groups is 1. The molecular weight excluding hydrogens is 360 g/mol. The number of nitrogens with one attached hydrogen (secondary N) is 2. The van der Waals surface area contributed by atoms with Crippen molar-refractivity contribution in [2.75, 3.05) is 12.4 Å². The van der Waals surface area contributed by atoms with E-state index in [0.29, 0.717) is 5.11 Å². The van der Waals surface area contributed by atoms with E-state index in [0.717, 1.165) is 21.5 Å². The van der Waals surface area contributed by atoms with Gasteiger partial charge in [0.2, 0.25) is 0 Å². The molecular formula is C17H19BrN2OS. The Balaban J connectivity index is 2.03. The van der Waals surface area contributed by atoms with Gasteiger partial charge in [0, 0.05) is 4.47 Å². The Morgan fingerprint density at radius 1 is 1.18 bits per heavy atom. The van der Waals surface area contributed by atoms with Crippen LogP contribution < -0.4 is 15.4 Å². The summed E-state index contributed by atoms with van der Waals surface area (Å²) < 4.78 is 6.41. The monoisotopic (exact) mass is 378 g/mol. The molecule has 2 rings (SSSR count). The van der Waals surface area contributed by atoms with Gasteiger partial charge >= 0.3 is 0 Å². The van der Waals surface area contributed by atoms with Crippen LogP contribution in [0.15, 0.2) is 46.9 Å². The van der Waals surface area contributed by atoms with Gasteiger partial charge < -0.3 is 15.4 Å². The Morgan fingerprint density at radius 2 is 1.86 bits per heavy atom. The van der Waals surface area contributed by atoms with E-state index in [1.165, 1.54) is 5.56 Å². The van der Waals surface area contributed by atoms with Gasteiger partial charge in [-0.05, 0) is 61.5 Å². The van der Waals surface area contributed by atoms with Crippen molar-refractivity contribution in [2.45, 2.75) is 19.9 Å². The zero-order chi connectivity index (χ0) is 16.1. The number of rotatable bonds is 4. The molecule has 2 aromatic rings. The lowest BCUT2D eigenvalue weighted by Gasteiger charge is -2.19. The summed E-state index contributed by atoms with van der Waals surface area (Å²) in [5, 5.41) is 7.05. The van der Waals surface area contributed by atoms with Crippen LogP contribution in [-0.2, 0) is 0 Å². The van der Waals surface area contributed by atoms with Gasteiger partial charge in [-0.2, -0.15) is 0 Å². The molecule has 0 aliphatic heterocycles. The van der Waals surface area contributed by atoms with E-state index in [9.17, 15) is 0 Å². The van der Waals surface area contributed by atoms with Crippen molar-refractivity contribution >= 4 is 38.9 Å². The van der Waals surface area contributed by atoms with Gasteiger partial charge in [-0.3, -0.25) is 0 Å². The lowest BCUT2D eigenvalue weighted by atomic mass is 10.1. The number of aryl methyl sites for hydroxylation is 1. The van der Waals surface area contributed by atoms with Crippen LogP contribution >= 0.6 is 28.1 Å². The maximum Gasteiger partial charge on any atom is 0.171 e. The van der Waals surface area contributed by atoms with Crippen molar-refractivity contribution < 1.29 is 4.74 Å². The minimum atomic E-state index is 0.115. The molecule has 0 spiro atoms. The van der Waals surface area contributed by atoms with Gasteiger partial charge in [0.1, 0.15) is 5.75 Å². The molecule has 5 heteroatoms. The Morgan fingerprint density at radius 3 is 2.50 bits per heavy atom. The van der Waals surface area contributed by atoms with Gasteiger partial charge in [-0.1, -0.05) is 34.1 Å². The van der Waals surface area contributed by atoms with Crippen molar-refractivity contribution in [3.8, 4) is 5.75 Å². The highest BCUT2D eigenvalue weighted by Crippen LogP contribution is 2.25. The van der Waals surface area contributed by atoms with Crippen molar-refractivity contribution in [1.82, 2.24) is 5.32 Å². The van der Waals surface area contributed by atoms with E-state index in [4.69, 9.17) is 17.0 Å². The second-order valence-corrected chi connectivity index (χ2v) is 6.40. The molecule has 116 valence electrons. The van der Waals surface area contributed by atoms with E-state index in [-0.39, 0.29) is 6.04 Å². The highest BCUT2D eigenvalue weighted by atomic mass is 79.9. The maximum atomic E-state index is 5.40. The zero-order valence-corrected chi connectivity index (χ0v) is 15.2. The molecule has 1 atom stereocenters. The zero-order valence-electron chi connectivity index (χ0n) is 12.8. The molecule has 0 fully saturated rings. The summed E-state index contributed by atoms with van der Waals surface area (Å²) in [7, 11) is 1.65. The smallest absolute Gasteiger partial charge is 0.171 e. The summed E-state index contributed by atoms with van der Waals surface area (Å²) in [6.07, 6.45) is 0. The number of benzene rings is 2. The average molecular weight is 379 g/mol. The minimum Gasteiger partial charge on any atom is -0.495 e. The first-order valence-corrected chi connectivity index (χ1v) is 8.17. The third-order valence-corrected chi connectivity index (χ3v) is 4.07. The minimum absolute atomic E-state index is 0.115. The number of anilines is 1. The van der Waals surface area contributed by atoms with Gasteiger partial charge in [-0.15, -0.1) is 0 Å². The third kappa shape index (κ3) is 4.45. The standard InChI is InChI=1S/C17H19BrN2OS/c1-11-4-9-16(21-3)15(10-11)20-17(22)19-12(2)13-5-7-14(18)8-6-13/h4-10,12H,1-3H3,(H2,19,20,22). The fourth-order valence-electron chi connectivity index (χ4n) is 2.11. The molecule has 0 saturated heterocycles. The van der Waals surface area contributed by atoms with Crippen LogP contribution in [0.25, 0.3) is 0 Å². The van der Waals surface area contributed by atoms with Crippen LogP contribution in [0.2, 0.25) is 0 Å². The quantitative estimate of drug-likeness (QED) is 0.747. The van der Waals surface area contributed by atoms with Crippen LogP contribution in [0.3, 0.4) is 0 Å². The van der Waals surface area contributed by atoms with Crippen LogP contribution in [-0.4, -0.2) is 12.2 Å². The topological polar surface area (TPSA) is 33.3 Å². The van der Waals surface area contributed by atoms with E-state index in [1.807, 2.05) is 37.3 Å². The van der Waals surface area contributed by atoms with Crippen LogP contribution in [0.5, 0.6) is 5.75 Å². The number of hydrogen-bond acceptors (Lipinski definition) is 2. The number of methoxy groups -OCH3 is 1. The molecule has 0 radical (unpaired) electrons. The predicted molar refractivity (Wildman–Crippen MR) is 99.6 cm³/mol. The Hall–Kier alpha value is -1.59. The first kappa shape index (κ1) is 16.8. The van der Waals surface area contributed by atoms with Gasteiger partial charge in [0.15, 0.2) is 5.11 Å². The first-order chi connectivity index (χ1) is 10.5. The van der Waals surface area contributed by atoms with Gasteiger partial charge in [-0.25, -0.2) is 0 Å². The number of ether oxygens (including phenoxy) is 1. The summed E-state index contributed by atoms with van der Waals surface area (Å²) in [5.74, 6) is 0.769. The Bertz CT molecular complexity index is 658. The summed E-state index contributed by atoms with van der Waals surface area (Å²) in [6.45, 7) is 4.11. The summed E-state index contributed by atoms with van der Waals surface area (Å²) >= 11 is 8.84. The van der Waals surface area contributed by atoms with E-state index >= 15 is 0 Å². The number of hydrogen-bond donors (Lipinski definition) is 2. The highest BCUT2D eigenvalue weighted by Gasteiger charge is 2.09. The maximum absolute atomic E-state index is 5.40. The Labute approximate surface area is 145 Å². The normalized spacial score (nSPS) is 11.6. The molecule has 2 aromatic carbocycles. The summed E-state index contributed by atoms with van der Waals surface area (Å²) in [6, 6.07) is 14.2. The summed E-state index contributed by atoms with van der Waals surface area (Å²) in [4.78, 5) is 0. The molecule has 2 N–H and O–H groups in total. The average Bonchev–Trinajstić information content (AvgIpc) is 2.48.